The molecule has 0 saturated heterocycles. The van der Waals surface area contributed by atoms with Crippen LogP contribution in [0.15, 0.2) is 84.4 Å². The normalized spacial score (nSPS) is 20.0. The maximum Gasteiger partial charge on any atom is 0.253 e. The van der Waals surface area contributed by atoms with E-state index in [4.69, 9.17) is 9.16 Å². The molecule has 1 aliphatic carbocycles. The number of Topliss-reactive ketones (excluding diaryl/α,β-unsaturated/α-hetero) is 1. The molecule has 164 valence electrons. The van der Waals surface area contributed by atoms with E-state index >= 15 is 0 Å². The number of benzene rings is 3. The van der Waals surface area contributed by atoms with Gasteiger partial charge in [0.25, 0.3) is 8.32 Å². The van der Waals surface area contributed by atoms with Crippen molar-refractivity contribution in [1.29, 1.82) is 0 Å². The van der Waals surface area contributed by atoms with Gasteiger partial charge in [-0.2, -0.15) is 0 Å². The fraction of sp³-hybridized carbons (Fsp3) is 0.250. The van der Waals surface area contributed by atoms with Crippen molar-refractivity contribution in [3.05, 3.63) is 95.6 Å². The summed E-state index contributed by atoms with van der Waals surface area (Å²) in [6.07, 6.45) is 2.30. The van der Waals surface area contributed by atoms with Crippen LogP contribution in [0.2, 0.25) is 6.55 Å². The van der Waals surface area contributed by atoms with E-state index in [1.54, 1.807) is 7.11 Å². The zero-order chi connectivity index (χ0) is 22.7. The summed E-state index contributed by atoms with van der Waals surface area (Å²) in [7, 11) is -0.874. The van der Waals surface area contributed by atoms with Gasteiger partial charge in [-0.05, 0) is 59.1 Å². The van der Waals surface area contributed by atoms with Crippen LogP contribution in [0.25, 0.3) is 6.08 Å². The molecule has 0 radical (unpaired) electrons. The number of carbonyl (C=O) groups is 1. The Morgan fingerprint density at radius 3 is 2.06 bits per heavy atom. The fourth-order valence-corrected chi connectivity index (χ4v) is 7.63. The number of ether oxygens (including phenoxy) is 1. The SMILES string of the molecule is COc1ccc(C=C2C(=O)CC(C)C2O[Si](C)(c2ccccc2)c2ccccc2)c(C)c1. The molecular weight excluding hydrogens is 412 g/mol. The molecule has 0 amide bonds. The Balaban J connectivity index is 1.76. The molecule has 1 fully saturated rings. The highest BCUT2D eigenvalue weighted by atomic mass is 28.4. The molecule has 0 heterocycles. The van der Waals surface area contributed by atoms with Gasteiger partial charge in [-0.15, -0.1) is 0 Å². The largest absolute Gasteiger partial charge is 0.497 e. The van der Waals surface area contributed by atoms with Crippen molar-refractivity contribution < 1.29 is 14.0 Å². The lowest BCUT2D eigenvalue weighted by Gasteiger charge is -2.33. The third kappa shape index (κ3) is 4.34. The van der Waals surface area contributed by atoms with Crippen LogP contribution in [-0.4, -0.2) is 27.3 Å². The smallest absolute Gasteiger partial charge is 0.253 e. The van der Waals surface area contributed by atoms with Crippen molar-refractivity contribution in [3.63, 3.8) is 0 Å². The average molecular weight is 443 g/mol. The van der Waals surface area contributed by atoms with E-state index in [0.717, 1.165) is 22.4 Å². The lowest BCUT2D eigenvalue weighted by Crippen LogP contribution is -2.60. The van der Waals surface area contributed by atoms with Gasteiger partial charge in [0.05, 0.1) is 13.2 Å². The Morgan fingerprint density at radius 2 is 1.53 bits per heavy atom. The predicted molar refractivity (Wildman–Crippen MR) is 133 cm³/mol. The van der Waals surface area contributed by atoms with E-state index in [1.807, 2.05) is 43.3 Å². The highest BCUT2D eigenvalue weighted by Gasteiger charge is 2.43. The highest BCUT2D eigenvalue weighted by molar-refractivity contribution is 6.96. The zero-order valence-corrected chi connectivity index (χ0v) is 20.2. The Kier molecular flexibility index (Phi) is 6.44. The van der Waals surface area contributed by atoms with E-state index in [-0.39, 0.29) is 17.8 Å². The summed E-state index contributed by atoms with van der Waals surface area (Å²) in [6.45, 7) is 6.40. The van der Waals surface area contributed by atoms with Gasteiger partial charge in [-0.25, -0.2) is 0 Å². The maximum atomic E-state index is 13.0. The predicted octanol–water partition coefficient (Wildman–Crippen LogP) is 4.77. The first-order valence-corrected chi connectivity index (χ1v) is 13.5. The molecule has 3 aromatic rings. The lowest BCUT2D eigenvalue weighted by molar-refractivity contribution is -0.114. The van der Waals surface area contributed by atoms with E-state index in [1.165, 1.54) is 10.4 Å². The van der Waals surface area contributed by atoms with E-state index < -0.39 is 8.32 Å². The Bertz CT molecular complexity index is 1080. The number of rotatable bonds is 6. The molecule has 0 spiro atoms. The third-order valence-corrected chi connectivity index (χ3v) is 10.0. The molecule has 1 saturated carbocycles. The summed E-state index contributed by atoms with van der Waals surface area (Å²) in [5, 5.41) is 2.41. The highest BCUT2D eigenvalue weighted by Crippen LogP contribution is 2.34. The Hall–Kier alpha value is -2.95. The molecule has 4 heteroatoms. The number of aryl methyl sites for hydroxylation is 1. The van der Waals surface area contributed by atoms with Gasteiger partial charge < -0.3 is 9.16 Å². The van der Waals surface area contributed by atoms with E-state index in [9.17, 15) is 4.79 Å². The molecular formula is C28H30O3Si. The minimum Gasteiger partial charge on any atom is -0.497 e. The van der Waals surface area contributed by atoms with Crippen LogP contribution in [-0.2, 0) is 9.22 Å². The van der Waals surface area contributed by atoms with E-state index in [0.29, 0.717) is 6.42 Å². The van der Waals surface area contributed by atoms with Gasteiger partial charge in [0.1, 0.15) is 5.75 Å². The second-order valence-corrected chi connectivity index (χ2v) is 12.2. The quantitative estimate of drug-likeness (QED) is 0.407. The molecule has 4 rings (SSSR count). The number of hydrogen-bond donors (Lipinski definition) is 0. The summed E-state index contributed by atoms with van der Waals surface area (Å²) < 4.78 is 12.4. The third-order valence-electron chi connectivity index (χ3n) is 6.45. The Labute approximate surface area is 191 Å². The molecule has 0 N–H and O–H groups in total. The maximum absolute atomic E-state index is 13.0. The van der Waals surface area contributed by atoms with Crippen LogP contribution in [0.5, 0.6) is 5.75 Å². The molecule has 0 aromatic heterocycles. The van der Waals surface area contributed by atoms with Crippen molar-refractivity contribution >= 4 is 30.6 Å². The van der Waals surface area contributed by atoms with Crippen molar-refractivity contribution in [1.82, 2.24) is 0 Å². The first-order chi connectivity index (χ1) is 15.4. The van der Waals surface area contributed by atoms with Crippen LogP contribution >= 0.6 is 0 Å². The van der Waals surface area contributed by atoms with Crippen LogP contribution in [0, 0.1) is 12.8 Å². The first-order valence-electron chi connectivity index (χ1n) is 11.1. The Morgan fingerprint density at radius 1 is 0.938 bits per heavy atom. The lowest BCUT2D eigenvalue weighted by atomic mass is 10.0. The van der Waals surface area contributed by atoms with Gasteiger partial charge in [-0.1, -0.05) is 73.7 Å². The first kappa shape index (κ1) is 22.2. The van der Waals surface area contributed by atoms with E-state index in [2.05, 4.69) is 62.0 Å². The molecule has 2 atom stereocenters. The number of ketones is 1. The van der Waals surface area contributed by atoms with Gasteiger partial charge in [0.15, 0.2) is 5.78 Å². The zero-order valence-electron chi connectivity index (χ0n) is 19.2. The van der Waals surface area contributed by atoms with Gasteiger partial charge in [0, 0.05) is 12.0 Å². The number of carbonyl (C=O) groups excluding carboxylic acids is 1. The summed E-state index contributed by atoms with van der Waals surface area (Å²) in [6, 6.07) is 26.9. The summed E-state index contributed by atoms with van der Waals surface area (Å²) in [5.41, 5.74) is 2.88. The minimum atomic E-state index is -2.54. The van der Waals surface area contributed by atoms with Gasteiger partial charge in [0.2, 0.25) is 0 Å². The molecule has 0 bridgehead atoms. The number of hydrogen-bond acceptors (Lipinski definition) is 3. The monoisotopic (exact) mass is 442 g/mol. The van der Waals surface area contributed by atoms with Crippen LogP contribution in [0.4, 0.5) is 0 Å². The second-order valence-electron chi connectivity index (χ2n) is 8.73. The molecule has 3 aromatic carbocycles. The van der Waals surface area contributed by atoms with Crippen LogP contribution in [0.1, 0.15) is 24.5 Å². The molecule has 2 unspecified atom stereocenters. The van der Waals surface area contributed by atoms with Crippen molar-refractivity contribution in [2.75, 3.05) is 7.11 Å². The molecule has 3 nitrogen and oxygen atoms in total. The van der Waals surface area contributed by atoms with Crippen LogP contribution in [0.3, 0.4) is 0 Å². The molecule has 0 aliphatic heterocycles. The number of methoxy groups -OCH3 is 1. The molecule has 32 heavy (non-hydrogen) atoms. The van der Waals surface area contributed by atoms with Gasteiger partial charge in [-0.3, -0.25) is 4.79 Å². The molecule has 1 aliphatic rings. The van der Waals surface area contributed by atoms with Crippen LogP contribution < -0.4 is 15.1 Å². The summed E-state index contributed by atoms with van der Waals surface area (Å²) in [4.78, 5) is 13.0. The van der Waals surface area contributed by atoms with Crippen molar-refractivity contribution in [2.45, 2.75) is 32.9 Å². The summed E-state index contributed by atoms with van der Waals surface area (Å²) in [5.74, 6) is 1.12. The standard InChI is InChI=1S/C28H30O3Si/c1-20-17-23(30-3)16-15-22(20)19-26-27(29)18-21(2)28(26)31-32(4,24-11-7-5-8-12-24)25-13-9-6-10-14-25/h5-17,19,21,28H,18H2,1-4H3. The summed E-state index contributed by atoms with van der Waals surface area (Å²) >= 11 is 0. The van der Waals surface area contributed by atoms with Crippen molar-refractivity contribution in [3.8, 4) is 5.75 Å². The van der Waals surface area contributed by atoms with Gasteiger partial charge >= 0.3 is 0 Å². The van der Waals surface area contributed by atoms with Crippen molar-refractivity contribution in [2.24, 2.45) is 5.92 Å². The average Bonchev–Trinajstić information content (AvgIpc) is 3.08. The topological polar surface area (TPSA) is 35.5 Å². The minimum absolute atomic E-state index is 0.131. The second kappa shape index (κ2) is 9.27. The fourth-order valence-electron chi connectivity index (χ4n) is 4.50.